The maximum Gasteiger partial charge on any atom is 0.226 e. The summed E-state index contributed by atoms with van der Waals surface area (Å²) in [4.78, 5) is 13.1. The molecule has 0 aliphatic rings. The van der Waals surface area contributed by atoms with Crippen LogP contribution < -0.4 is 11.1 Å². The molecule has 0 spiro atoms. The number of hydrogen-bond acceptors (Lipinski definition) is 5. The Morgan fingerprint density at radius 1 is 1.19 bits per heavy atom. The van der Waals surface area contributed by atoms with Gasteiger partial charge in [-0.1, -0.05) is 37.3 Å². The quantitative estimate of drug-likeness (QED) is 0.750. The Morgan fingerprint density at radius 3 is 2.76 bits per heavy atom. The fourth-order valence-corrected chi connectivity index (χ4v) is 2.18. The highest BCUT2D eigenvalue weighted by Crippen LogP contribution is 2.19. The predicted molar refractivity (Wildman–Crippen MR) is 84.1 cm³/mol. The van der Waals surface area contributed by atoms with E-state index in [4.69, 9.17) is 5.73 Å². The molecular weight excluding hydrogens is 264 g/mol. The van der Waals surface area contributed by atoms with Crippen LogP contribution in [-0.2, 0) is 6.54 Å². The average molecular weight is 282 g/mol. The first kappa shape index (κ1) is 13.4. The summed E-state index contributed by atoms with van der Waals surface area (Å²) in [7, 11) is 0. The van der Waals surface area contributed by atoms with Crippen LogP contribution in [0.4, 0.5) is 11.8 Å². The zero-order valence-electron chi connectivity index (χ0n) is 12.0. The first-order valence-electron chi connectivity index (χ1n) is 7.04. The van der Waals surface area contributed by atoms with Crippen LogP contribution in [0.1, 0.15) is 18.9 Å². The number of fused-ring (bicyclic) bond motifs is 1. The van der Waals surface area contributed by atoms with Crippen molar-refractivity contribution in [3.8, 4) is 0 Å². The van der Waals surface area contributed by atoms with Gasteiger partial charge < -0.3 is 15.6 Å². The third-order valence-electron chi connectivity index (χ3n) is 3.22. The van der Waals surface area contributed by atoms with Crippen LogP contribution in [0.15, 0.2) is 36.7 Å². The van der Waals surface area contributed by atoms with Crippen molar-refractivity contribution in [3.05, 3.63) is 42.2 Å². The number of nitrogen functional groups attached to an aromatic ring is 1. The van der Waals surface area contributed by atoms with Crippen LogP contribution in [-0.4, -0.2) is 26.1 Å². The summed E-state index contributed by atoms with van der Waals surface area (Å²) in [6.07, 6.45) is 2.76. The van der Waals surface area contributed by atoms with Crippen molar-refractivity contribution in [2.45, 2.75) is 19.9 Å². The van der Waals surface area contributed by atoms with Crippen molar-refractivity contribution in [2.24, 2.45) is 0 Å². The van der Waals surface area contributed by atoms with Gasteiger partial charge in [-0.05, 0) is 12.0 Å². The standard InChI is InChI=1S/C15H18N6/c1-2-8-17-15-19-13(16)12-14(20-15)21(10-18-12)9-11-6-4-3-5-7-11/h3-7,10H,2,8-9H2,1H3,(H3,16,17,19,20). The van der Waals surface area contributed by atoms with E-state index >= 15 is 0 Å². The highest BCUT2D eigenvalue weighted by atomic mass is 15.2. The molecule has 0 radical (unpaired) electrons. The second-order valence-corrected chi connectivity index (χ2v) is 4.89. The zero-order chi connectivity index (χ0) is 14.7. The van der Waals surface area contributed by atoms with Crippen molar-refractivity contribution in [3.63, 3.8) is 0 Å². The second-order valence-electron chi connectivity index (χ2n) is 4.89. The molecule has 108 valence electrons. The summed E-state index contributed by atoms with van der Waals surface area (Å²) in [6, 6.07) is 10.2. The molecule has 0 fully saturated rings. The summed E-state index contributed by atoms with van der Waals surface area (Å²) in [5.41, 5.74) is 8.56. The first-order valence-corrected chi connectivity index (χ1v) is 7.04. The molecule has 6 nitrogen and oxygen atoms in total. The molecule has 2 aromatic heterocycles. The Kier molecular flexibility index (Phi) is 3.68. The number of nitrogens with one attached hydrogen (secondary N) is 1. The van der Waals surface area contributed by atoms with E-state index in [0.717, 1.165) is 18.6 Å². The number of anilines is 2. The normalized spacial score (nSPS) is 10.9. The van der Waals surface area contributed by atoms with Gasteiger partial charge in [-0.15, -0.1) is 0 Å². The van der Waals surface area contributed by atoms with Gasteiger partial charge in [0, 0.05) is 6.54 Å². The summed E-state index contributed by atoms with van der Waals surface area (Å²) in [5.74, 6) is 0.960. The molecule has 0 saturated carbocycles. The van der Waals surface area contributed by atoms with E-state index in [1.165, 1.54) is 5.56 Å². The van der Waals surface area contributed by atoms with Gasteiger partial charge in [0.25, 0.3) is 0 Å². The molecule has 0 amide bonds. The average Bonchev–Trinajstić information content (AvgIpc) is 2.90. The van der Waals surface area contributed by atoms with Crippen molar-refractivity contribution in [2.75, 3.05) is 17.6 Å². The summed E-state index contributed by atoms with van der Waals surface area (Å²) < 4.78 is 1.99. The van der Waals surface area contributed by atoms with E-state index in [9.17, 15) is 0 Å². The Morgan fingerprint density at radius 2 is 2.00 bits per heavy atom. The van der Waals surface area contributed by atoms with Gasteiger partial charge in [0.2, 0.25) is 5.95 Å². The molecule has 1 aromatic carbocycles. The van der Waals surface area contributed by atoms with E-state index < -0.39 is 0 Å². The fourth-order valence-electron chi connectivity index (χ4n) is 2.18. The second kappa shape index (κ2) is 5.78. The van der Waals surface area contributed by atoms with Crippen molar-refractivity contribution < 1.29 is 0 Å². The Labute approximate surface area is 123 Å². The minimum absolute atomic E-state index is 0.408. The minimum atomic E-state index is 0.408. The number of benzene rings is 1. The van der Waals surface area contributed by atoms with Crippen LogP contribution in [0.2, 0.25) is 0 Å². The molecule has 0 atom stereocenters. The van der Waals surface area contributed by atoms with E-state index in [0.29, 0.717) is 23.8 Å². The molecule has 0 saturated heterocycles. The number of hydrogen-bond donors (Lipinski definition) is 2. The Bertz CT molecular complexity index is 735. The van der Waals surface area contributed by atoms with E-state index in [1.807, 2.05) is 22.8 Å². The van der Waals surface area contributed by atoms with Crippen LogP contribution in [0.25, 0.3) is 11.2 Å². The largest absolute Gasteiger partial charge is 0.382 e. The van der Waals surface area contributed by atoms with Crippen LogP contribution in [0, 0.1) is 0 Å². The molecular formula is C15H18N6. The van der Waals surface area contributed by atoms with Gasteiger partial charge in [-0.2, -0.15) is 9.97 Å². The van der Waals surface area contributed by atoms with Gasteiger partial charge in [0.15, 0.2) is 11.5 Å². The molecule has 21 heavy (non-hydrogen) atoms. The minimum Gasteiger partial charge on any atom is -0.382 e. The van der Waals surface area contributed by atoms with Crippen LogP contribution in [0.3, 0.4) is 0 Å². The molecule has 0 aliphatic heterocycles. The van der Waals surface area contributed by atoms with Gasteiger partial charge in [0.05, 0.1) is 12.9 Å². The maximum atomic E-state index is 5.97. The van der Waals surface area contributed by atoms with Gasteiger partial charge in [-0.3, -0.25) is 0 Å². The highest BCUT2D eigenvalue weighted by Gasteiger charge is 2.11. The summed E-state index contributed by atoms with van der Waals surface area (Å²) in [5, 5.41) is 3.16. The lowest BCUT2D eigenvalue weighted by Crippen LogP contribution is -2.08. The lowest BCUT2D eigenvalue weighted by Gasteiger charge is -2.07. The molecule has 3 N–H and O–H groups in total. The topological polar surface area (TPSA) is 81.6 Å². The molecule has 3 rings (SSSR count). The Hall–Kier alpha value is -2.63. The van der Waals surface area contributed by atoms with Gasteiger partial charge >= 0.3 is 0 Å². The monoisotopic (exact) mass is 282 g/mol. The number of imidazole rings is 1. The fraction of sp³-hybridized carbons (Fsp3) is 0.267. The smallest absolute Gasteiger partial charge is 0.226 e. The maximum absolute atomic E-state index is 5.97. The zero-order valence-corrected chi connectivity index (χ0v) is 12.0. The molecule has 3 aromatic rings. The Balaban J connectivity index is 1.97. The van der Waals surface area contributed by atoms with Gasteiger partial charge in [-0.25, -0.2) is 4.98 Å². The third kappa shape index (κ3) is 2.79. The SMILES string of the molecule is CCCNc1nc(N)c2ncn(Cc3ccccc3)c2n1. The van der Waals surface area contributed by atoms with Gasteiger partial charge in [0.1, 0.15) is 5.52 Å². The van der Waals surface area contributed by atoms with Crippen molar-refractivity contribution >= 4 is 22.9 Å². The molecule has 2 heterocycles. The lowest BCUT2D eigenvalue weighted by atomic mass is 10.2. The third-order valence-corrected chi connectivity index (χ3v) is 3.22. The number of rotatable bonds is 5. The van der Waals surface area contributed by atoms with Crippen LogP contribution >= 0.6 is 0 Å². The van der Waals surface area contributed by atoms with Crippen molar-refractivity contribution in [1.82, 2.24) is 19.5 Å². The first-order chi connectivity index (χ1) is 10.3. The highest BCUT2D eigenvalue weighted by molar-refractivity contribution is 5.82. The van der Waals surface area contributed by atoms with E-state index in [1.54, 1.807) is 6.33 Å². The molecule has 0 bridgehead atoms. The molecule has 6 heteroatoms. The number of nitrogens with two attached hydrogens (primary N) is 1. The van der Waals surface area contributed by atoms with Crippen LogP contribution in [0.5, 0.6) is 0 Å². The van der Waals surface area contributed by atoms with E-state index in [-0.39, 0.29) is 0 Å². The summed E-state index contributed by atoms with van der Waals surface area (Å²) >= 11 is 0. The van der Waals surface area contributed by atoms with Crippen molar-refractivity contribution in [1.29, 1.82) is 0 Å². The molecule has 0 aliphatic carbocycles. The van der Waals surface area contributed by atoms with E-state index in [2.05, 4.69) is 39.3 Å². The predicted octanol–water partition coefficient (Wildman–Crippen LogP) is 2.28. The summed E-state index contributed by atoms with van der Waals surface area (Å²) in [6.45, 7) is 3.62. The molecule has 0 unspecified atom stereocenters. The number of aromatic nitrogens is 4. The number of nitrogens with zero attached hydrogens (tertiary/aromatic N) is 4. The lowest BCUT2D eigenvalue weighted by molar-refractivity contribution is 0.813.